The van der Waals surface area contributed by atoms with Gasteiger partial charge in [-0.15, -0.1) is 0 Å². The molecule has 2 N–H and O–H groups in total. The van der Waals surface area contributed by atoms with Crippen LogP contribution in [-0.4, -0.2) is 52.5 Å². The summed E-state index contributed by atoms with van der Waals surface area (Å²) in [6.45, 7) is 3.68. The third-order valence-corrected chi connectivity index (χ3v) is 4.64. The molecule has 170 valence electrons. The van der Waals surface area contributed by atoms with E-state index in [2.05, 4.69) is 38.4 Å². The normalized spacial score (nSPS) is 10.4. The van der Waals surface area contributed by atoms with Crippen LogP contribution in [0.3, 0.4) is 0 Å². The van der Waals surface area contributed by atoms with Gasteiger partial charge in [-0.1, -0.05) is 12.7 Å². The lowest BCUT2D eigenvalue weighted by atomic mass is 10.2. The molecule has 0 unspecified atom stereocenters. The summed E-state index contributed by atoms with van der Waals surface area (Å²) in [4.78, 5) is 24.3. The van der Waals surface area contributed by atoms with E-state index >= 15 is 0 Å². The van der Waals surface area contributed by atoms with Crippen molar-refractivity contribution in [1.29, 1.82) is 0 Å². The van der Waals surface area contributed by atoms with Crippen LogP contribution in [0.5, 0.6) is 23.0 Å². The lowest BCUT2D eigenvalue weighted by molar-refractivity contribution is -0.120. The van der Waals surface area contributed by atoms with Crippen molar-refractivity contribution in [3.05, 3.63) is 58.6 Å². The number of benzene rings is 2. The first-order valence-electron chi connectivity index (χ1n) is 9.36. The molecule has 0 heterocycles. The standard InChI is InChI=1S/C22H24BrN3O6/c1-5-8-32-21-16(23)9-14(10-19(21)31-4)12-25-26-20(27)13-24-22(28)15-6-7-17(29-2)18(11-15)30-3/h5-7,9-12H,1,8,13H2,2-4H3,(H,24,28)(H,26,27). The SMILES string of the molecule is C=CCOc1c(Br)cc(C=NNC(=O)CNC(=O)c2ccc(OC)c(OC)c2)cc1OC. The number of ether oxygens (including phenoxy) is 4. The third kappa shape index (κ3) is 6.74. The summed E-state index contributed by atoms with van der Waals surface area (Å²) in [5.74, 6) is 1.01. The van der Waals surface area contributed by atoms with Gasteiger partial charge in [0.1, 0.15) is 6.61 Å². The van der Waals surface area contributed by atoms with Crippen molar-refractivity contribution in [3.8, 4) is 23.0 Å². The van der Waals surface area contributed by atoms with Crippen molar-refractivity contribution >= 4 is 34.0 Å². The zero-order valence-electron chi connectivity index (χ0n) is 17.9. The number of rotatable bonds is 11. The summed E-state index contributed by atoms with van der Waals surface area (Å²) in [5, 5.41) is 6.42. The maximum Gasteiger partial charge on any atom is 0.259 e. The molecule has 32 heavy (non-hydrogen) atoms. The molecule has 9 nitrogen and oxygen atoms in total. The van der Waals surface area contributed by atoms with Crippen LogP contribution < -0.4 is 29.7 Å². The van der Waals surface area contributed by atoms with Gasteiger partial charge in [0, 0.05) is 5.56 Å². The molecule has 0 radical (unpaired) electrons. The van der Waals surface area contributed by atoms with Crippen LogP contribution in [0.25, 0.3) is 0 Å². The molecule has 2 aromatic carbocycles. The molecule has 2 amide bonds. The van der Waals surface area contributed by atoms with Gasteiger partial charge in [-0.3, -0.25) is 9.59 Å². The van der Waals surface area contributed by atoms with E-state index in [0.717, 1.165) is 0 Å². The molecule has 0 spiro atoms. The number of nitrogens with one attached hydrogen (secondary N) is 2. The molecule has 0 aliphatic heterocycles. The Morgan fingerprint density at radius 3 is 2.44 bits per heavy atom. The Hall–Kier alpha value is -3.53. The number of carbonyl (C=O) groups excluding carboxylic acids is 2. The molecule has 10 heteroatoms. The van der Waals surface area contributed by atoms with E-state index in [0.29, 0.717) is 45.2 Å². The van der Waals surface area contributed by atoms with Gasteiger partial charge >= 0.3 is 0 Å². The van der Waals surface area contributed by atoms with Crippen LogP contribution in [0, 0.1) is 0 Å². The van der Waals surface area contributed by atoms with Gasteiger partial charge < -0.3 is 24.3 Å². The molecular weight excluding hydrogens is 482 g/mol. The quantitative estimate of drug-likeness (QED) is 0.276. The molecule has 0 fully saturated rings. The number of methoxy groups -OCH3 is 3. The highest BCUT2D eigenvalue weighted by Crippen LogP contribution is 2.36. The topological polar surface area (TPSA) is 107 Å². The fourth-order valence-electron chi connectivity index (χ4n) is 2.56. The number of hydrazone groups is 1. The van der Waals surface area contributed by atoms with Crippen molar-refractivity contribution in [1.82, 2.24) is 10.7 Å². The number of amides is 2. The maximum absolute atomic E-state index is 12.3. The molecule has 2 rings (SSSR count). The molecule has 0 aliphatic carbocycles. The van der Waals surface area contributed by atoms with Gasteiger partial charge in [0.25, 0.3) is 11.8 Å². The van der Waals surface area contributed by atoms with Crippen LogP contribution in [-0.2, 0) is 4.79 Å². The van der Waals surface area contributed by atoms with E-state index < -0.39 is 11.8 Å². The van der Waals surface area contributed by atoms with Crippen LogP contribution >= 0.6 is 15.9 Å². The van der Waals surface area contributed by atoms with Gasteiger partial charge in [-0.25, -0.2) is 5.43 Å². The summed E-state index contributed by atoms with van der Waals surface area (Å²) < 4.78 is 21.9. The zero-order chi connectivity index (χ0) is 23.5. The van der Waals surface area contributed by atoms with Gasteiger partial charge in [0.15, 0.2) is 23.0 Å². The van der Waals surface area contributed by atoms with E-state index in [-0.39, 0.29) is 6.54 Å². The predicted octanol–water partition coefficient (Wildman–Crippen LogP) is 2.92. The fourth-order valence-corrected chi connectivity index (χ4v) is 3.13. The minimum absolute atomic E-state index is 0.258. The van der Waals surface area contributed by atoms with Crippen molar-refractivity contribution in [2.75, 3.05) is 34.5 Å². The van der Waals surface area contributed by atoms with Crippen LogP contribution in [0.4, 0.5) is 0 Å². The highest BCUT2D eigenvalue weighted by Gasteiger charge is 2.12. The lowest BCUT2D eigenvalue weighted by Crippen LogP contribution is -2.34. The first kappa shape index (κ1) is 24.7. The van der Waals surface area contributed by atoms with Gasteiger partial charge in [0.05, 0.1) is 38.6 Å². The molecule has 0 atom stereocenters. The summed E-state index contributed by atoms with van der Waals surface area (Å²) >= 11 is 3.42. The Morgan fingerprint density at radius 1 is 1.06 bits per heavy atom. The second kappa shape index (κ2) is 12.4. The number of hydrogen-bond donors (Lipinski definition) is 2. The van der Waals surface area contributed by atoms with Crippen LogP contribution in [0.2, 0.25) is 0 Å². The van der Waals surface area contributed by atoms with Crippen molar-refractivity contribution in [2.45, 2.75) is 0 Å². The molecule has 0 bridgehead atoms. The molecule has 0 saturated heterocycles. The Kier molecular flexibility index (Phi) is 9.55. The smallest absolute Gasteiger partial charge is 0.259 e. The van der Waals surface area contributed by atoms with Gasteiger partial charge in [0.2, 0.25) is 0 Å². The average Bonchev–Trinajstić information content (AvgIpc) is 2.80. The summed E-state index contributed by atoms with van der Waals surface area (Å²) in [6, 6.07) is 8.17. The van der Waals surface area contributed by atoms with E-state index in [9.17, 15) is 9.59 Å². The van der Waals surface area contributed by atoms with Crippen molar-refractivity contribution in [3.63, 3.8) is 0 Å². The number of halogens is 1. The van der Waals surface area contributed by atoms with E-state index in [1.165, 1.54) is 33.6 Å². The fraction of sp³-hybridized carbons (Fsp3) is 0.227. The Balaban J connectivity index is 1.93. The monoisotopic (exact) mass is 505 g/mol. The Bertz CT molecular complexity index is 1010. The largest absolute Gasteiger partial charge is 0.493 e. The molecule has 0 aliphatic rings. The highest BCUT2D eigenvalue weighted by molar-refractivity contribution is 9.10. The molecule has 0 saturated carbocycles. The van der Waals surface area contributed by atoms with Crippen molar-refractivity contribution < 1.29 is 28.5 Å². The molecule has 2 aromatic rings. The third-order valence-electron chi connectivity index (χ3n) is 4.06. The molecular formula is C22H24BrN3O6. The van der Waals surface area contributed by atoms with Gasteiger partial charge in [-0.05, 0) is 51.8 Å². The van der Waals surface area contributed by atoms with E-state index in [4.69, 9.17) is 18.9 Å². The summed E-state index contributed by atoms with van der Waals surface area (Å²) in [5.41, 5.74) is 3.34. The first-order valence-corrected chi connectivity index (χ1v) is 10.2. The predicted molar refractivity (Wildman–Crippen MR) is 124 cm³/mol. The van der Waals surface area contributed by atoms with Crippen LogP contribution in [0.1, 0.15) is 15.9 Å². The summed E-state index contributed by atoms with van der Waals surface area (Å²) in [6.07, 6.45) is 3.07. The average molecular weight is 506 g/mol. The second-order valence-electron chi connectivity index (χ2n) is 6.18. The Morgan fingerprint density at radius 2 is 1.78 bits per heavy atom. The first-order chi connectivity index (χ1) is 15.4. The highest BCUT2D eigenvalue weighted by atomic mass is 79.9. The second-order valence-corrected chi connectivity index (χ2v) is 7.03. The number of nitrogens with zero attached hydrogens (tertiary/aromatic N) is 1. The van der Waals surface area contributed by atoms with Crippen molar-refractivity contribution in [2.24, 2.45) is 5.10 Å². The lowest BCUT2D eigenvalue weighted by Gasteiger charge is -2.12. The van der Waals surface area contributed by atoms with E-state index in [1.54, 1.807) is 30.3 Å². The van der Waals surface area contributed by atoms with E-state index in [1.807, 2.05) is 0 Å². The van der Waals surface area contributed by atoms with Crippen LogP contribution in [0.15, 0.2) is 52.6 Å². The molecule has 0 aromatic heterocycles. The minimum atomic E-state index is -0.493. The summed E-state index contributed by atoms with van der Waals surface area (Å²) in [7, 11) is 4.50. The maximum atomic E-state index is 12.3. The number of carbonyl (C=O) groups is 2. The number of hydrogen-bond acceptors (Lipinski definition) is 7. The minimum Gasteiger partial charge on any atom is -0.493 e. The zero-order valence-corrected chi connectivity index (χ0v) is 19.5. The Labute approximate surface area is 194 Å². The van der Waals surface area contributed by atoms with Gasteiger partial charge in [-0.2, -0.15) is 5.10 Å².